The summed E-state index contributed by atoms with van der Waals surface area (Å²) in [7, 11) is 0. The van der Waals surface area contributed by atoms with Crippen molar-refractivity contribution in [3.05, 3.63) is 53.1 Å². The smallest absolute Gasteiger partial charge is 0.422 e. The highest BCUT2D eigenvalue weighted by molar-refractivity contribution is 5.92. The summed E-state index contributed by atoms with van der Waals surface area (Å²) in [4.78, 5) is 30.0. The van der Waals surface area contributed by atoms with Gasteiger partial charge in [-0.2, -0.15) is 13.2 Å². The number of halogens is 3. The lowest BCUT2D eigenvalue weighted by molar-refractivity contribution is -0.153. The lowest BCUT2D eigenvalue weighted by Crippen LogP contribution is -2.25. The molecule has 26 heavy (non-hydrogen) atoms. The van der Waals surface area contributed by atoms with Gasteiger partial charge in [-0.25, -0.2) is 14.8 Å². The molecule has 0 aliphatic carbocycles. The summed E-state index contributed by atoms with van der Waals surface area (Å²) in [6.07, 6.45) is -2.55. The van der Waals surface area contributed by atoms with Gasteiger partial charge in [-0.1, -0.05) is 12.1 Å². The number of benzene rings is 1. The number of carboxylic acids is 1. The molecule has 2 N–H and O–H groups in total. The highest BCUT2D eigenvalue weighted by atomic mass is 19.4. The van der Waals surface area contributed by atoms with Crippen molar-refractivity contribution >= 4 is 11.9 Å². The van der Waals surface area contributed by atoms with Gasteiger partial charge < -0.3 is 15.2 Å². The van der Waals surface area contributed by atoms with E-state index < -0.39 is 24.7 Å². The van der Waals surface area contributed by atoms with Gasteiger partial charge in [0.25, 0.3) is 5.91 Å². The van der Waals surface area contributed by atoms with E-state index in [-0.39, 0.29) is 23.7 Å². The van der Waals surface area contributed by atoms with Crippen LogP contribution in [0.3, 0.4) is 0 Å². The summed E-state index contributed by atoms with van der Waals surface area (Å²) >= 11 is 0. The molecule has 0 unspecified atom stereocenters. The van der Waals surface area contributed by atoms with Crippen LogP contribution in [0.2, 0.25) is 0 Å². The molecule has 1 heterocycles. The van der Waals surface area contributed by atoms with E-state index in [1.807, 2.05) is 0 Å². The Morgan fingerprint density at radius 2 is 1.85 bits per heavy atom. The zero-order valence-electron chi connectivity index (χ0n) is 13.5. The summed E-state index contributed by atoms with van der Waals surface area (Å²) in [5.74, 6) is -1.93. The van der Waals surface area contributed by atoms with Crippen molar-refractivity contribution < 1.29 is 32.6 Å². The van der Waals surface area contributed by atoms with Crippen molar-refractivity contribution in [3.8, 4) is 5.75 Å². The summed E-state index contributed by atoms with van der Waals surface area (Å²) in [6.45, 7) is 0.149. The van der Waals surface area contributed by atoms with E-state index >= 15 is 0 Å². The minimum atomic E-state index is -4.48. The minimum Gasteiger partial charge on any atom is -0.484 e. The van der Waals surface area contributed by atoms with E-state index in [0.29, 0.717) is 11.1 Å². The first kappa shape index (κ1) is 19.2. The summed E-state index contributed by atoms with van der Waals surface area (Å²) < 4.78 is 41.8. The summed E-state index contributed by atoms with van der Waals surface area (Å²) in [5.41, 5.74) is 0.610. The molecule has 0 aliphatic heterocycles. The van der Waals surface area contributed by atoms with Crippen molar-refractivity contribution in [3.63, 3.8) is 0 Å². The Morgan fingerprint density at radius 3 is 2.42 bits per heavy atom. The molecule has 0 fully saturated rings. The quantitative estimate of drug-likeness (QED) is 0.811. The maximum absolute atomic E-state index is 12.3. The second kappa shape index (κ2) is 7.81. The first-order valence-corrected chi connectivity index (χ1v) is 7.28. The Morgan fingerprint density at radius 1 is 1.19 bits per heavy atom. The van der Waals surface area contributed by atoms with E-state index in [0.717, 1.165) is 12.4 Å². The lowest BCUT2D eigenvalue weighted by atomic mass is 10.1. The summed E-state index contributed by atoms with van der Waals surface area (Å²) in [5, 5.41) is 11.2. The second-order valence-electron chi connectivity index (χ2n) is 5.29. The average Bonchev–Trinajstić information content (AvgIpc) is 2.58. The number of amides is 1. The monoisotopic (exact) mass is 369 g/mol. The van der Waals surface area contributed by atoms with Gasteiger partial charge in [0.2, 0.25) is 0 Å². The molecule has 2 aromatic rings. The van der Waals surface area contributed by atoms with Crippen LogP contribution in [-0.2, 0) is 6.54 Å². The molecule has 10 heteroatoms. The van der Waals surface area contributed by atoms with E-state index in [4.69, 9.17) is 9.84 Å². The van der Waals surface area contributed by atoms with Crippen molar-refractivity contribution in [2.45, 2.75) is 19.6 Å². The Bertz CT molecular complexity index is 807. The number of alkyl halides is 3. The normalized spacial score (nSPS) is 11.1. The number of aromatic nitrogens is 2. The molecule has 1 amide bonds. The van der Waals surface area contributed by atoms with Crippen LogP contribution in [0.25, 0.3) is 0 Å². The van der Waals surface area contributed by atoms with Gasteiger partial charge in [-0.05, 0) is 18.6 Å². The molecule has 1 aromatic carbocycles. The van der Waals surface area contributed by atoms with Gasteiger partial charge in [0.05, 0.1) is 12.4 Å². The number of carbonyl (C=O) groups is 2. The van der Waals surface area contributed by atoms with Crippen LogP contribution in [0, 0.1) is 6.92 Å². The molecular formula is C16H14F3N3O4. The highest BCUT2D eigenvalue weighted by Crippen LogP contribution is 2.23. The standard InChI is InChI=1S/C16H14F3N3O4/c1-9-2-3-10(13(4-9)26-8-16(17,18)19)5-22-14(23)11-6-21-12(7-20-11)15(24)25/h2-4,6-7H,5,8H2,1H3,(H,22,23)(H,24,25). The molecule has 0 saturated heterocycles. The molecule has 0 spiro atoms. The van der Waals surface area contributed by atoms with Crippen LogP contribution in [0.5, 0.6) is 5.75 Å². The van der Waals surface area contributed by atoms with Crippen molar-refractivity contribution in [2.24, 2.45) is 0 Å². The fourth-order valence-electron chi connectivity index (χ4n) is 1.92. The van der Waals surface area contributed by atoms with Crippen LogP contribution in [0.4, 0.5) is 13.2 Å². The highest BCUT2D eigenvalue weighted by Gasteiger charge is 2.28. The Labute approximate surface area is 145 Å². The maximum atomic E-state index is 12.3. The van der Waals surface area contributed by atoms with Gasteiger partial charge in [-0.3, -0.25) is 4.79 Å². The van der Waals surface area contributed by atoms with Crippen LogP contribution in [-0.4, -0.2) is 39.7 Å². The number of ether oxygens (including phenoxy) is 1. The summed E-state index contributed by atoms with van der Waals surface area (Å²) in [6, 6.07) is 4.65. The Hall–Kier alpha value is -3.17. The van der Waals surface area contributed by atoms with Crippen LogP contribution >= 0.6 is 0 Å². The number of hydrogen-bond donors (Lipinski definition) is 2. The lowest BCUT2D eigenvalue weighted by Gasteiger charge is -2.14. The van der Waals surface area contributed by atoms with Crippen molar-refractivity contribution in [2.75, 3.05) is 6.61 Å². The third-order valence-corrected chi connectivity index (χ3v) is 3.16. The zero-order valence-corrected chi connectivity index (χ0v) is 13.5. The van der Waals surface area contributed by atoms with Crippen LogP contribution in [0.15, 0.2) is 30.6 Å². The molecule has 7 nitrogen and oxygen atoms in total. The first-order chi connectivity index (χ1) is 12.2. The number of nitrogens with zero attached hydrogens (tertiary/aromatic N) is 2. The molecule has 0 aliphatic rings. The molecule has 0 saturated carbocycles. The Balaban J connectivity index is 2.06. The van der Waals surface area contributed by atoms with Gasteiger partial charge in [0, 0.05) is 12.1 Å². The van der Waals surface area contributed by atoms with Crippen molar-refractivity contribution in [1.82, 2.24) is 15.3 Å². The van der Waals surface area contributed by atoms with Crippen LogP contribution < -0.4 is 10.1 Å². The third kappa shape index (κ3) is 5.43. The minimum absolute atomic E-state index is 0.00920. The maximum Gasteiger partial charge on any atom is 0.422 e. The number of carbonyl (C=O) groups excluding carboxylic acids is 1. The average molecular weight is 369 g/mol. The van der Waals surface area contributed by atoms with Gasteiger partial charge in [-0.15, -0.1) is 0 Å². The molecule has 0 radical (unpaired) electrons. The third-order valence-electron chi connectivity index (χ3n) is 3.16. The first-order valence-electron chi connectivity index (χ1n) is 7.28. The molecule has 0 atom stereocenters. The van der Waals surface area contributed by atoms with E-state index in [1.54, 1.807) is 19.1 Å². The predicted molar refractivity (Wildman–Crippen MR) is 82.9 cm³/mol. The van der Waals surface area contributed by atoms with E-state index in [9.17, 15) is 22.8 Å². The molecule has 138 valence electrons. The largest absolute Gasteiger partial charge is 0.484 e. The number of carboxylic acid groups (broad SMARTS) is 1. The number of rotatable bonds is 6. The van der Waals surface area contributed by atoms with Gasteiger partial charge in [0.15, 0.2) is 12.3 Å². The predicted octanol–water partition coefficient (Wildman–Crippen LogP) is 2.35. The topological polar surface area (TPSA) is 101 Å². The number of aromatic carboxylic acids is 1. The zero-order chi connectivity index (χ0) is 19.3. The van der Waals surface area contributed by atoms with Crippen LogP contribution in [0.1, 0.15) is 32.1 Å². The molecule has 1 aromatic heterocycles. The van der Waals surface area contributed by atoms with E-state index in [1.165, 1.54) is 6.07 Å². The molecule has 0 bridgehead atoms. The van der Waals surface area contributed by atoms with E-state index in [2.05, 4.69) is 15.3 Å². The van der Waals surface area contributed by atoms with Gasteiger partial charge in [0.1, 0.15) is 11.4 Å². The number of aryl methyl sites for hydroxylation is 1. The fourth-order valence-corrected chi connectivity index (χ4v) is 1.92. The number of nitrogens with one attached hydrogen (secondary N) is 1. The second-order valence-corrected chi connectivity index (χ2v) is 5.29. The fraction of sp³-hybridized carbons (Fsp3) is 0.250. The van der Waals surface area contributed by atoms with Crippen molar-refractivity contribution in [1.29, 1.82) is 0 Å². The molecule has 2 rings (SSSR count). The Kier molecular flexibility index (Phi) is 5.75. The number of hydrogen-bond acceptors (Lipinski definition) is 5. The SMILES string of the molecule is Cc1ccc(CNC(=O)c2cnc(C(=O)O)cn2)c(OCC(F)(F)F)c1. The molecular weight excluding hydrogens is 355 g/mol. The van der Waals surface area contributed by atoms with Gasteiger partial charge >= 0.3 is 12.1 Å².